The number of nitrogens with zero attached hydrogens (tertiary/aromatic N) is 8. The standard InChI is InChI=1S/C31H39FN8O3/c1-19-17-42-14-13-38(19)27-16-25(34-29(35-27)39-18-33-24-15-22(32)7-8-26(24)39)28-20(2)36-40(21(28)3)23-9-11-37(12-10-23)30(41)43-31(4,5)6/h7-8,15-16,18-19,23H,9-14,17H2,1-6H3/t19-/m1/s1. The number of fused-ring (bicyclic) bond motifs is 1. The van der Waals surface area contributed by atoms with Gasteiger partial charge in [0.1, 0.15) is 23.6 Å². The van der Waals surface area contributed by atoms with E-state index in [0.717, 1.165) is 46.8 Å². The summed E-state index contributed by atoms with van der Waals surface area (Å²) in [6.45, 7) is 15.0. The Hall–Kier alpha value is -4.06. The Morgan fingerprint density at radius 3 is 2.58 bits per heavy atom. The number of imidazole rings is 1. The number of carbonyl (C=O) groups is 1. The van der Waals surface area contributed by atoms with Crippen LogP contribution in [0.5, 0.6) is 0 Å². The summed E-state index contributed by atoms with van der Waals surface area (Å²) in [5.41, 5.74) is 4.33. The molecule has 0 unspecified atom stereocenters. The molecule has 2 aliphatic rings. The van der Waals surface area contributed by atoms with E-state index < -0.39 is 5.60 Å². The molecule has 2 fully saturated rings. The number of rotatable bonds is 4. The molecule has 43 heavy (non-hydrogen) atoms. The lowest BCUT2D eigenvalue weighted by atomic mass is 10.0. The van der Waals surface area contributed by atoms with Crippen LogP contribution in [0.15, 0.2) is 30.6 Å². The second kappa shape index (κ2) is 11.2. The molecule has 12 heteroatoms. The number of ether oxygens (including phenoxy) is 2. The van der Waals surface area contributed by atoms with E-state index in [9.17, 15) is 9.18 Å². The van der Waals surface area contributed by atoms with Crippen molar-refractivity contribution in [1.82, 2.24) is 34.2 Å². The van der Waals surface area contributed by atoms with Gasteiger partial charge in [0, 0.05) is 43.0 Å². The van der Waals surface area contributed by atoms with Gasteiger partial charge in [0.2, 0.25) is 5.95 Å². The molecule has 6 rings (SSSR count). The van der Waals surface area contributed by atoms with Gasteiger partial charge in [-0.1, -0.05) is 0 Å². The second-order valence-electron chi connectivity index (χ2n) is 12.5. The maximum absolute atomic E-state index is 13.9. The first-order chi connectivity index (χ1) is 20.5. The molecular weight excluding hydrogens is 551 g/mol. The van der Waals surface area contributed by atoms with E-state index in [0.29, 0.717) is 44.3 Å². The molecule has 2 aliphatic heterocycles. The number of halogens is 1. The summed E-state index contributed by atoms with van der Waals surface area (Å²) in [4.78, 5) is 31.0. The number of morpholine rings is 1. The van der Waals surface area contributed by atoms with Crippen molar-refractivity contribution in [3.8, 4) is 17.2 Å². The van der Waals surface area contributed by atoms with Crippen LogP contribution in [0.25, 0.3) is 28.2 Å². The molecule has 1 atom stereocenters. The van der Waals surface area contributed by atoms with Crippen LogP contribution in [0.3, 0.4) is 0 Å². The zero-order valence-corrected chi connectivity index (χ0v) is 25.7. The van der Waals surface area contributed by atoms with Gasteiger partial charge in [-0.3, -0.25) is 9.25 Å². The minimum atomic E-state index is -0.522. The van der Waals surface area contributed by atoms with Crippen LogP contribution in [-0.4, -0.2) is 84.8 Å². The monoisotopic (exact) mass is 590 g/mol. The van der Waals surface area contributed by atoms with E-state index in [1.807, 2.05) is 33.8 Å². The van der Waals surface area contributed by atoms with Crippen molar-refractivity contribution >= 4 is 22.9 Å². The number of amides is 1. The van der Waals surface area contributed by atoms with Gasteiger partial charge in [0.05, 0.1) is 47.7 Å². The van der Waals surface area contributed by atoms with Gasteiger partial charge in [-0.2, -0.15) is 10.1 Å². The molecule has 0 radical (unpaired) electrons. The van der Waals surface area contributed by atoms with Crippen molar-refractivity contribution in [2.24, 2.45) is 0 Å². The van der Waals surface area contributed by atoms with Crippen LogP contribution in [0, 0.1) is 19.7 Å². The van der Waals surface area contributed by atoms with Crippen LogP contribution < -0.4 is 4.90 Å². The van der Waals surface area contributed by atoms with Gasteiger partial charge in [-0.05, 0) is 66.5 Å². The minimum absolute atomic E-state index is 0.137. The fourth-order valence-electron chi connectivity index (χ4n) is 6.03. The van der Waals surface area contributed by atoms with Crippen molar-refractivity contribution in [2.75, 3.05) is 37.7 Å². The normalized spacial score (nSPS) is 18.4. The Morgan fingerprint density at radius 2 is 1.86 bits per heavy atom. The molecule has 0 N–H and O–H groups in total. The third kappa shape index (κ3) is 5.80. The van der Waals surface area contributed by atoms with E-state index in [4.69, 9.17) is 24.5 Å². The smallest absolute Gasteiger partial charge is 0.410 e. The van der Waals surface area contributed by atoms with Gasteiger partial charge in [0.15, 0.2) is 0 Å². The summed E-state index contributed by atoms with van der Waals surface area (Å²) >= 11 is 0. The number of aromatic nitrogens is 6. The molecule has 2 saturated heterocycles. The highest BCUT2D eigenvalue weighted by atomic mass is 19.1. The van der Waals surface area contributed by atoms with Crippen LogP contribution in [0.4, 0.5) is 15.0 Å². The Balaban J connectivity index is 1.36. The van der Waals surface area contributed by atoms with Gasteiger partial charge in [-0.25, -0.2) is 19.2 Å². The summed E-state index contributed by atoms with van der Waals surface area (Å²) in [5, 5.41) is 4.98. The second-order valence-corrected chi connectivity index (χ2v) is 12.5. The Labute approximate surface area is 250 Å². The van der Waals surface area contributed by atoms with Gasteiger partial charge < -0.3 is 19.3 Å². The molecule has 0 bridgehead atoms. The third-order valence-electron chi connectivity index (χ3n) is 8.13. The highest BCUT2D eigenvalue weighted by Gasteiger charge is 2.30. The largest absolute Gasteiger partial charge is 0.444 e. The topological polar surface area (TPSA) is 103 Å². The molecule has 3 aromatic heterocycles. The van der Waals surface area contributed by atoms with Crippen molar-refractivity contribution in [3.05, 3.63) is 47.8 Å². The molecule has 0 aliphatic carbocycles. The number of piperidine rings is 1. The Morgan fingerprint density at radius 1 is 1.09 bits per heavy atom. The van der Waals surface area contributed by atoms with Crippen LogP contribution in [0.2, 0.25) is 0 Å². The SMILES string of the molecule is Cc1nn(C2CCN(C(=O)OC(C)(C)C)CC2)c(C)c1-c1cc(N2CCOC[C@H]2C)nc(-n2cnc3cc(F)ccc32)n1. The average molecular weight is 591 g/mol. The molecule has 0 saturated carbocycles. The van der Waals surface area contributed by atoms with E-state index >= 15 is 0 Å². The molecule has 228 valence electrons. The van der Waals surface area contributed by atoms with Gasteiger partial charge in [-0.15, -0.1) is 0 Å². The first-order valence-corrected chi connectivity index (χ1v) is 14.9. The quantitative estimate of drug-likeness (QED) is 0.318. The predicted octanol–water partition coefficient (Wildman–Crippen LogP) is 5.23. The summed E-state index contributed by atoms with van der Waals surface area (Å²) in [5.74, 6) is 0.903. The average Bonchev–Trinajstić information content (AvgIpc) is 3.51. The lowest BCUT2D eigenvalue weighted by Crippen LogP contribution is -2.44. The molecule has 1 aromatic carbocycles. The molecule has 11 nitrogen and oxygen atoms in total. The van der Waals surface area contributed by atoms with Crippen LogP contribution in [0.1, 0.15) is 58.0 Å². The maximum Gasteiger partial charge on any atom is 0.410 e. The lowest BCUT2D eigenvalue weighted by molar-refractivity contribution is 0.0184. The number of likely N-dealkylation sites (tertiary alicyclic amines) is 1. The summed E-state index contributed by atoms with van der Waals surface area (Å²) in [6.07, 6.45) is 2.93. The predicted molar refractivity (Wildman–Crippen MR) is 161 cm³/mol. The summed E-state index contributed by atoms with van der Waals surface area (Å²) in [6, 6.07) is 6.84. The fourth-order valence-corrected chi connectivity index (χ4v) is 6.03. The Bertz CT molecular complexity index is 1650. The molecule has 1 amide bonds. The van der Waals surface area contributed by atoms with Crippen molar-refractivity contribution in [1.29, 1.82) is 0 Å². The third-order valence-corrected chi connectivity index (χ3v) is 8.13. The highest BCUT2D eigenvalue weighted by molar-refractivity contribution is 5.77. The van der Waals surface area contributed by atoms with E-state index in [1.54, 1.807) is 21.9 Å². The number of hydrogen-bond donors (Lipinski definition) is 0. The van der Waals surface area contributed by atoms with Gasteiger partial charge in [0.25, 0.3) is 0 Å². The van der Waals surface area contributed by atoms with E-state index in [-0.39, 0.29) is 24.0 Å². The first kappa shape index (κ1) is 29.0. The van der Waals surface area contributed by atoms with Crippen LogP contribution >= 0.6 is 0 Å². The van der Waals surface area contributed by atoms with Crippen molar-refractivity contribution < 1.29 is 18.7 Å². The lowest BCUT2D eigenvalue weighted by Gasteiger charge is -2.34. The Kier molecular flexibility index (Phi) is 7.57. The molecule has 0 spiro atoms. The fraction of sp³-hybridized carbons (Fsp3) is 0.516. The number of aryl methyl sites for hydroxylation is 1. The molecule has 4 aromatic rings. The number of benzene rings is 1. The number of hydrogen-bond acceptors (Lipinski definition) is 8. The molecular formula is C31H39FN8O3. The summed E-state index contributed by atoms with van der Waals surface area (Å²) < 4.78 is 29.1. The highest BCUT2D eigenvalue weighted by Crippen LogP contribution is 2.34. The van der Waals surface area contributed by atoms with E-state index in [1.165, 1.54) is 12.1 Å². The minimum Gasteiger partial charge on any atom is -0.444 e. The zero-order chi connectivity index (χ0) is 30.5. The summed E-state index contributed by atoms with van der Waals surface area (Å²) in [7, 11) is 0. The van der Waals surface area contributed by atoms with Crippen LogP contribution in [-0.2, 0) is 9.47 Å². The first-order valence-electron chi connectivity index (χ1n) is 14.9. The van der Waals surface area contributed by atoms with Crippen molar-refractivity contribution in [3.63, 3.8) is 0 Å². The van der Waals surface area contributed by atoms with Crippen molar-refractivity contribution in [2.45, 2.75) is 72.1 Å². The van der Waals surface area contributed by atoms with Gasteiger partial charge >= 0.3 is 6.09 Å². The zero-order valence-electron chi connectivity index (χ0n) is 25.7. The molecule has 5 heterocycles. The van der Waals surface area contributed by atoms with E-state index in [2.05, 4.69) is 28.4 Å². The number of anilines is 1. The maximum atomic E-state index is 13.9. The number of carbonyl (C=O) groups excluding carboxylic acids is 1.